The topological polar surface area (TPSA) is 127 Å². The number of rotatable bonds is 12. The van der Waals surface area contributed by atoms with Gasteiger partial charge in [0.1, 0.15) is 0 Å². The quantitative estimate of drug-likeness (QED) is 0.338. The Labute approximate surface area is 146 Å². The summed E-state index contributed by atoms with van der Waals surface area (Å²) in [5, 5.41) is 27.5. The molecule has 0 unspecified atom stereocenters. The Bertz CT molecular complexity index is 606. The lowest BCUT2D eigenvalue weighted by atomic mass is 10.1. The minimum absolute atomic E-state index is 0.000723. The van der Waals surface area contributed by atoms with E-state index in [-0.39, 0.29) is 23.8 Å². The molecule has 1 amide bonds. The van der Waals surface area contributed by atoms with E-state index in [1.54, 1.807) is 0 Å². The van der Waals surface area contributed by atoms with Gasteiger partial charge in [-0.1, -0.05) is 26.2 Å². The van der Waals surface area contributed by atoms with Crippen LogP contribution in [0.1, 0.15) is 44.6 Å². The van der Waals surface area contributed by atoms with Gasteiger partial charge < -0.3 is 10.6 Å². The molecule has 0 radical (unpaired) electrons. The molecule has 0 fully saturated rings. The van der Waals surface area contributed by atoms with Gasteiger partial charge in [0.2, 0.25) is 5.91 Å². The van der Waals surface area contributed by atoms with Crippen LogP contribution in [-0.2, 0) is 11.3 Å². The number of amides is 1. The number of non-ortho nitro benzene ring substituents is 1. The zero-order valence-electron chi connectivity index (χ0n) is 14.3. The number of nitro benzene ring substituents is 2. The largest absolute Gasteiger partial charge is 0.355 e. The number of unbranched alkanes of at least 4 members (excludes halogenated alkanes) is 3. The van der Waals surface area contributed by atoms with Crippen molar-refractivity contribution in [3.8, 4) is 0 Å². The number of nitrogens with zero attached hydrogens (tertiary/aromatic N) is 2. The summed E-state index contributed by atoms with van der Waals surface area (Å²) < 4.78 is 0. The van der Waals surface area contributed by atoms with Crippen LogP contribution >= 0.6 is 0 Å². The van der Waals surface area contributed by atoms with Crippen molar-refractivity contribution in [2.24, 2.45) is 0 Å². The van der Waals surface area contributed by atoms with E-state index in [1.165, 1.54) is 12.1 Å². The smallest absolute Gasteiger partial charge is 0.280 e. The van der Waals surface area contributed by atoms with Crippen molar-refractivity contribution in [2.45, 2.75) is 45.6 Å². The number of carbonyl (C=O) groups is 1. The first-order valence-corrected chi connectivity index (χ1v) is 8.34. The van der Waals surface area contributed by atoms with E-state index in [0.717, 1.165) is 31.7 Å². The van der Waals surface area contributed by atoms with Crippen molar-refractivity contribution >= 4 is 17.3 Å². The molecule has 0 aliphatic rings. The molecule has 0 aliphatic heterocycles. The van der Waals surface area contributed by atoms with Crippen molar-refractivity contribution in [2.75, 3.05) is 13.1 Å². The molecule has 0 heterocycles. The molecule has 0 spiro atoms. The Balaban J connectivity index is 2.35. The van der Waals surface area contributed by atoms with Gasteiger partial charge in [-0.25, -0.2) is 0 Å². The van der Waals surface area contributed by atoms with Gasteiger partial charge in [-0.3, -0.25) is 25.0 Å². The fourth-order valence-electron chi connectivity index (χ4n) is 2.30. The van der Waals surface area contributed by atoms with Crippen LogP contribution in [0.3, 0.4) is 0 Å². The van der Waals surface area contributed by atoms with E-state index in [2.05, 4.69) is 17.6 Å². The van der Waals surface area contributed by atoms with Gasteiger partial charge in [0.15, 0.2) is 0 Å². The maximum absolute atomic E-state index is 11.6. The van der Waals surface area contributed by atoms with Crippen molar-refractivity contribution in [3.63, 3.8) is 0 Å². The van der Waals surface area contributed by atoms with Crippen molar-refractivity contribution in [3.05, 3.63) is 44.0 Å². The van der Waals surface area contributed by atoms with Gasteiger partial charge in [0.05, 0.1) is 15.9 Å². The van der Waals surface area contributed by atoms with Crippen LogP contribution in [0.25, 0.3) is 0 Å². The van der Waals surface area contributed by atoms with Crippen molar-refractivity contribution < 1.29 is 14.6 Å². The molecule has 0 aromatic heterocycles. The first kappa shape index (κ1) is 20.5. The standard InChI is InChI=1S/C16H24N4O5/c1-2-3-4-5-6-16(21)18-10-9-17-12-13-7-8-14(19(22)23)11-15(13)20(24)25/h7-8,11,17H,2-6,9-10,12H2,1H3,(H,18,21). The highest BCUT2D eigenvalue weighted by Gasteiger charge is 2.18. The highest BCUT2D eigenvalue weighted by molar-refractivity contribution is 5.75. The first-order chi connectivity index (χ1) is 12.0. The second-order valence-electron chi connectivity index (χ2n) is 5.66. The lowest BCUT2D eigenvalue weighted by molar-refractivity contribution is -0.394. The molecular formula is C16H24N4O5. The molecule has 0 atom stereocenters. The van der Waals surface area contributed by atoms with Gasteiger partial charge >= 0.3 is 0 Å². The van der Waals surface area contributed by atoms with Crippen LogP contribution in [0.15, 0.2) is 18.2 Å². The lowest BCUT2D eigenvalue weighted by Gasteiger charge is -2.07. The second kappa shape index (κ2) is 11.1. The average Bonchev–Trinajstić information content (AvgIpc) is 2.58. The summed E-state index contributed by atoms with van der Waals surface area (Å²) in [6.07, 6.45) is 4.69. The number of carbonyl (C=O) groups excluding carboxylic acids is 1. The molecule has 2 N–H and O–H groups in total. The van der Waals surface area contributed by atoms with Crippen LogP contribution in [0.2, 0.25) is 0 Å². The summed E-state index contributed by atoms with van der Waals surface area (Å²) in [7, 11) is 0. The summed E-state index contributed by atoms with van der Waals surface area (Å²) in [5.41, 5.74) is -0.242. The fraction of sp³-hybridized carbons (Fsp3) is 0.562. The zero-order valence-corrected chi connectivity index (χ0v) is 14.3. The molecule has 0 aliphatic carbocycles. The predicted molar refractivity (Wildman–Crippen MR) is 93.2 cm³/mol. The highest BCUT2D eigenvalue weighted by Crippen LogP contribution is 2.24. The van der Waals surface area contributed by atoms with Gasteiger partial charge in [-0.05, 0) is 12.5 Å². The molecule has 1 aromatic carbocycles. The normalized spacial score (nSPS) is 10.4. The third kappa shape index (κ3) is 7.71. The van der Waals surface area contributed by atoms with Gasteiger partial charge in [0, 0.05) is 37.7 Å². The van der Waals surface area contributed by atoms with E-state index >= 15 is 0 Å². The molecule has 9 heteroatoms. The van der Waals surface area contributed by atoms with E-state index in [9.17, 15) is 25.0 Å². The van der Waals surface area contributed by atoms with E-state index < -0.39 is 9.85 Å². The monoisotopic (exact) mass is 352 g/mol. The molecular weight excluding hydrogens is 328 g/mol. The Morgan fingerprint density at radius 3 is 2.48 bits per heavy atom. The summed E-state index contributed by atoms with van der Waals surface area (Å²) in [6.45, 7) is 3.18. The molecule has 0 saturated carbocycles. The molecule has 9 nitrogen and oxygen atoms in total. The molecule has 1 aromatic rings. The molecule has 0 bridgehead atoms. The summed E-state index contributed by atoms with van der Waals surface area (Å²) in [4.78, 5) is 32.0. The van der Waals surface area contributed by atoms with Crippen LogP contribution in [0.4, 0.5) is 11.4 Å². The number of nitrogens with one attached hydrogen (secondary N) is 2. The minimum Gasteiger partial charge on any atom is -0.355 e. The van der Waals surface area contributed by atoms with Crippen molar-refractivity contribution in [1.82, 2.24) is 10.6 Å². The maximum Gasteiger partial charge on any atom is 0.280 e. The van der Waals surface area contributed by atoms with Gasteiger partial charge in [-0.2, -0.15) is 0 Å². The van der Waals surface area contributed by atoms with Crippen LogP contribution in [0.5, 0.6) is 0 Å². The molecule has 0 saturated heterocycles. The van der Waals surface area contributed by atoms with E-state index in [1.807, 2.05) is 0 Å². The number of benzene rings is 1. The molecule has 1 rings (SSSR count). The van der Waals surface area contributed by atoms with Crippen LogP contribution in [-0.4, -0.2) is 28.8 Å². The first-order valence-electron chi connectivity index (χ1n) is 8.34. The van der Waals surface area contributed by atoms with Crippen LogP contribution in [0, 0.1) is 20.2 Å². The Morgan fingerprint density at radius 2 is 1.84 bits per heavy atom. The van der Waals surface area contributed by atoms with Crippen LogP contribution < -0.4 is 10.6 Å². The maximum atomic E-state index is 11.6. The third-order valence-corrected chi connectivity index (χ3v) is 3.67. The SMILES string of the molecule is CCCCCCC(=O)NCCNCc1ccc([N+](=O)[O-])cc1[N+](=O)[O-]. The number of nitro groups is 2. The van der Waals surface area contributed by atoms with Gasteiger partial charge in [0.25, 0.3) is 11.4 Å². The van der Waals surface area contributed by atoms with Crippen molar-refractivity contribution in [1.29, 1.82) is 0 Å². The number of hydrogen-bond acceptors (Lipinski definition) is 6. The highest BCUT2D eigenvalue weighted by atomic mass is 16.6. The Morgan fingerprint density at radius 1 is 1.08 bits per heavy atom. The number of hydrogen-bond donors (Lipinski definition) is 2. The summed E-state index contributed by atoms with van der Waals surface area (Å²) in [6, 6.07) is 3.56. The lowest BCUT2D eigenvalue weighted by Crippen LogP contribution is -2.31. The third-order valence-electron chi connectivity index (χ3n) is 3.67. The fourth-order valence-corrected chi connectivity index (χ4v) is 2.30. The van der Waals surface area contributed by atoms with E-state index in [0.29, 0.717) is 25.1 Å². The second-order valence-corrected chi connectivity index (χ2v) is 5.66. The predicted octanol–water partition coefficient (Wildman–Crippen LogP) is 2.68. The summed E-state index contributed by atoms with van der Waals surface area (Å²) in [5.74, 6) is -0.000723. The van der Waals surface area contributed by atoms with Gasteiger partial charge in [-0.15, -0.1) is 0 Å². The zero-order chi connectivity index (χ0) is 18.7. The van der Waals surface area contributed by atoms with E-state index in [4.69, 9.17) is 0 Å². The minimum atomic E-state index is -0.666. The summed E-state index contributed by atoms with van der Waals surface area (Å²) >= 11 is 0. The molecule has 25 heavy (non-hydrogen) atoms. The molecule has 138 valence electrons. The Kier molecular flexibility index (Phi) is 9.09. The average molecular weight is 352 g/mol. The Hall–Kier alpha value is -2.55.